The second-order valence-electron chi connectivity index (χ2n) is 8.22. The molecule has 0 aliphatic carbocycles. The van der Waals surface area contributed by atoms with Crippen molar-refractivity contribution in [1.82, 2.24) is 9.55 Å². The molecule has 0 radical (unpaired) electrons. The topological polar surface area (TPSA) is 52.0 Å². The van der Waals surface area contributed by atoms with E-state index < -0.39 is 0 Å². The first-order valence-electron chi connectivity index (χ1n) is 11.4. The Balaban J connectivity index is 1.70. The van der Waals surface area contributed by atoms with E-state index in [1.54, 1.807) is 10.6 Å². The van der Waals surface area contributed by atoms with Gasteiger partial charge >= 0.3 is 0 Å². The zero-order chi connectivity index (χ0) is 23.4. The van der Waals surface area contributed by atoms with Crippen LogP contribution in [-0.4, -0.2) is 21.1 Å². The number of thioether (sulfide) groups is 1. The molecule has 0 aliphatic rings. The van der Waals surface area contributed by atoms with E-state index in [9.17, 15) is 9.59 Å². The molecule has 0 fully saturated rings. The molecule has 33 heavy (non-hydrogen) atoms. The average Bonchev–Trinajstić information content (AvgIpc) is 2.87. The standard InChI is InChI=1S/C28H28N2O2S/c1-4-19(3)21-14-16-23(17-15-21)30-27(32)24-8-6-7-9-25(24)29-28(30)33-18-26(31)22-12-10-20(5-2)11-13-22/h6-17,19H,4-5,18H2,1-3H3. The predicted molar refractivity (Wildman–Crippen MR) is 137 cm³/mol. The molecular formula is C28H28N2O2S. The van der Waals surface area contributed by atoms with E-state index in [2.05, 4.69) is 32.9 Å². The maximum absolute atomic E-state index is 13.4. The van der Waals surface area contributed by atoms with Gasteiger partial charge in [0.2, 0.25) is 0 Å². The number of aromatic nitrogens is 2. The van der Waals surface area contributed by atoms with E-state index in [4.69, 9.17) is 4.98 Å². The molecule has 4 aromatic rings. The Morgan fingerprint density at radius 1 is 0.970 bits per heavy atom. The molecule has 168 valence electrons. The Hall–Kier alpha value is -3.18. The zero-order valence-electron chi connectivity index (χ0n) is 19.2. The number of hydrogen-bond donors (Lipinski definition) is 0. The van der Waals surface area contributed by atoms with Crippen molar-refractivity contribution in [3.63, 3.8) is 0 Å². The lowest BCUT2D eigenvalue weighted by molar-refractivity contribution is 0.102. The van der Waals surface area contributed by atoms with Crippen LogP contribution in [0, 0.1) is 0 Å². The summed E-state index contributed by atoms with van der Waals surface area (Å²) in [4.78, 5) is 31.0. The van der Waals surface area contributed by atoms with Crippen LogP contribution in [0.25, 0.3) is 16.6 Å². The Kier molecular flexibility index (Phi) is 7.09. The molecule has 0 saturated carbocycles. The summed E-state index contributed by atoms with van der Waals surface area (Å²) in [7, 11) is 0. The van der Waals surface area contributed by atoms with Crippen LogP contribution in [0.4, 0.5) is 0 Å². The summed E-state index contributed by atoms with van der Waals surface area (Å²) in [6, 6.07) is 23.1. The minimum absolute atomic E-state index is 0.0173. The maximum Gasteiger partial charge on any atom is 0.266 e. The molecule has 1 heterocycles. The summed E-state index contributed by atoms with van der Waals surface area (Å²) in [6.07, 6.45) is 1.99. The van der Waals surface area contributed by atoms with Gasteiger partial charge in [0.15, 0.2) is 10.9 Å². The molecule has 3 aromatic carbocycles. The van der Waals surface area contributed by atoms with Gasteiger partial charge in [-0.2, -0.15) is 0 Å². The fourth-order valence-corrected chi connectivity index (χ4v) is 4.67. The summed E-state index contributed by atoms with van der Waals surface area (Å²) < 4.78 is 1.63. The van der Waals surface area contributed by atoms with Gasteiger partial charge in [0.05, 0.1) is 22.3 Å². The largest absolute Gasteiger partial charge is 0.293 e. The molecule has 4 rings (SSSR count). The van der Waals surface area contributed by atoms with Crippen molar-refractivity contribution in [3.8, 4) is 5.69 Å². The Morgan fingerprint density at radius 2 is 1.67 bits per heavy atom. The number of nitrogens with zero attached hydrogens (tertiary/aromatic N) is 2. The number of hydrogen-bond acceptors (Lipinski definition) is 4. The molecule has 0 aliphatic heterocycles. The highest BCUT2D eigenvalue weighted by molar-refractivity contribution is 7.99. The number of carbonyl (C=O) groups excluding carboxylic acids is 1. The normalized spacial score (nSPS) is 12.1. The van der Waals surface area contributed by atoms with Crippen molar-refractivity contribution >= 4 is 28.4 Å². The minimum atomic E-state index is -0.126. The lowest BCUT2D eigenvalue weighted by atomic mass is 9.98. The van der Waals surface area contributed by atoms with Crippen molar-refractivity contribution in [2.45, 2.75) is 44.7 Å². The van der Waals surface area contributed by atoms with Gasteiger partial charge in [-0.15, -0.1) is 0 Å². The maximum atomic E-state index is 13.4. The zero-order valence-corrected chi connectivity index (χ0v) is 20.1. The van der Waals surface area contributed by atoms with Gasteiger partial charge in [0.1, 0.15) is 0 Å². The fourth-order valence-electron chi connectivity index (χ4n) is 3.76. The fraction of sp³-hybridized carbons (Fsp3) is 0.250. The SMILES string of the molecule is CCc1ccc(C(=O)CSc2nc3ccccc3c(=O)n2-c2ccc(C(C)CC)cc2)cc1. The highest BCUT2D eigenvalue weighted by atomic mass is 32.2. The summed E-state index contributed by atoms with van der Waals surface area (Å²) in [5.41, 5.74) is 4.38. The van der Waals surface area contributed by atoms with E-state index in [1.165, 1.54) is 22.9 Å². The Bertz CT molecular complexity index is 1330. The number of carbonyl (C=O) groups is 1. The van der Waals surface area contributed by atoms with Gasteiger partial charge < -0.3 is 0 Å². The molecule has 0 saturated heterocycles. The van der Waals surface area contributed by atoms with E-state index in [0.29, 0.717) is 27.5 Å². The number of fused-ring (bicyclic) bond motifs is 1. The molecule has 1 unspecified atom stereocenters. The first kappa shape index (κ1) is 23.0. The molecule has 5 heteroatoms. The van der Waals surface area contributed by atoms with Crippen molar-refractivity contribution in [2.24, 2.45) is 0 Å². The number of benzene rings is 3. The van der Waals surface area contributed by atoms with Crippen molar-refractivity contribution in [3.05, 3.63) is 99.8 Å². The monoisotopic (exact) mass is 456 g/mol. The Labute approximate surface area is 198 Å². The van der Waals surface area contributed by atoms with Crippen LogP contribution in [0.1, 0.15) is 54.6 Å². The van der Waals surface area contributed by atoms with E-state index >= 15 is 0 Å². The third kappa shape index (κ3) is 4.93. The molecular weight excluding hydrogens is 428 g/mol. The van der Waals surface area contributed by atoms with Crippen LogP contribution >= 0.6 is 11.8 Å². The minimum Gasteiger partial charge on any atom is -0.293 e. The molecule has 1 aromatic heterocycles. The van der Waals surface area contributed by atoms with Crippen LogP contribution in [0.15, 0.2) is 82.7 Å². The molecule has 0 spiro atoms. The first-order chi connectivity index (χ1) is 16.0. The second-order valence-corrected chi connectivity index (χ2v) is 9.16. The van der Waals surface area contributed by atoms with E-state index in [0.717, 1.165) is 18.5 Å². The number of ketones is 1. The summed E-state index contributed by atoms with van der Waals surface area (Å²) >= 11 is 1.30. The van der Waals surface area contributed by atoms with E-state index in [1.807, 2.05) is 54.6 Å². The van der Waals surface area contributed by atoms with Crippen LogP contribution in [0.5, 0.6) is 0 Å². The van der Waals surface area contributed by atoms with E-state index in [-0.39, 0.29) is 17.1 Å². The third-order valence-electron chi connectivity index (χ3n) is 6.09. The van der Waals surface area contributed by atoms with Gasteiger partial charge in [0.25, 0.3) is 5.56 Å². The molecule has 0 N–H and O–H groups in total. The number of aryl methyl sites for hydroxylation is 1. The van der Waals surface area contributed by atoms with Gasteiger partial charge in [0, 0.05) is 5.56 Å². The molecule has 0 amide bonds. The van der Waals surface area contributed by atoms with Gasteiger partial charge in [-0.05, 0) is 54.2 Å². The highest BCUT2D eigenvalue weighted by Gasteiger charge is 2.16. The van der Waals surface area contributed by atoms with Gasteiger partial charge in [-0.3, -0.25) is 14.2 Å². The Morgan fingerprint density at radius 3 is 2.33 bits per heavy atom. The van der Waals surface area contributed by atoms with Gasteiger partial charge in [-0.1, -0.05) is 81.1 Å². The first-order valence-corrected chi connectivity index (χ1v) is 12.4. The summed E-state index contributed by atoms with van der Waals surface area (Å²) in [6.45, 7) is 6.45. The van der Waals surface area contributed by atoms with Crippen molar-refractivity contribution in [2.75, 3.05) is 5.75 Å². The number of para-hydroxylation sites is 1. The van der Waals surface area contributed by atoms with Crippen LogP contribution in [0.3, 0.4) is 0 Å². The lowest BCUT2D eigenvalue weighted by Crippen LogP contribution is -2.22. The molecule has 0 bridgehead atoms. The van der Waals surface area contributed by atoms with Crippen molar-refractivity contribution in [1.29, 1.82) is 0 Å². The van der Waals surface area contributed by atoms with Crippen LogP contribution < -0.4 is 5.56 Å². The quantitative estimate of drug-likeness (QED) is 0.174. The third-order valence-corrected chi connectivity index (χ3v) is 7.03. The predicted octanol–water partition coefficient (Wildman–Crippen LogP) is 6.44. The van der Waals surface area contributed by atoms with Crippen molar-refractivity contribution < 1.29 is 4.79 Å². The smallest absolute Gasteiger partial charge is 0.266 e. The average molecular weight is 457 g/mol. The number of Topliss-reactive ketones (excluding diaryl/α,β-unsaturated/α-hetero) is 1. The summed E-state index contributed by atoms with van der Waals surface area (Å²) in [5, 5.41) is 1.09. The number of rotatable bonds is 8. The van der Waals surface area contributed by atoms with Crippen LogP contribution in [-0.2, 0) is 6.42 Å². The molecule has 4 nitrogen and oxygen atoms in total. The highest BCUT2D eigenvalue weighted by Crippen LogP contribution is 2.25. The second kappa shape index (κ2) is 10.2. The molecule has 1 atom stereocenters. The summed E-state index contributed by atoms with van der Waals surface area (Å²) in [5.74, 6) is 0.682. The van der Waals surface area contributed by atoms with Crippen LogP contribution in [0.2, 0.25) is 0 Å². The van der Waals surface area contributed by atoms with Gasteiger partial charge in [-0.25, -0.2) is 4.98 Å². The lowest BCUT2D eigenvalue weighted by Gasteiger charge is -2.15.